The van der Waals surface area contributed by atoms with Crippen LogP contribution in [0, 0.1) is 5.82 Å². The molecule has 2 unspecified atom stereocenters. The van der Waals surface area contributed by atoms with Crippen LogP contribution in [-0.2, 0) is 0 Å². The van der Waals surface area contributed by atoms with Crippen LogP contribution < -0.4 is 5.32 Å². The summed E-state index contributed by atoms with van der Waals surface area (Å²) < 4.78 is 13.1. The van der Waals surface area contributed by atoms with Crippen molar-refractivity contribution in [2.45, 2.75) is 38.8 Å². The lowest BCUT2D eigenvalue weighted by molar-refractivity contribution is 0.226. The molecule has 2 atom stereocenters. The second kappa shape index (κ2) is 6.61. The van der Waals surface area contributed by atoms with E-state index in [0.717, 1.165) is 18.4 Å². The predicted octanol–water partition coefficient (Wildman–Crippen LogP) is 2.64. The third-order valence-electron chi connectivity index (χ3n) is 2.81. The van der Waals surface area contributed by atoms with Gasteiger partial charge in [0.2, 0.25) is 0 Å². The number of rotatable bonds is 6. The van der Waals surface area contributed by atoms with Gasteiger partial charge in [-0.1, -0.05) is 26.0 Å². The highest BCUT2D eigenvalue weighted by Crippen LogP contribution is 2.18. The molecule has 0 saturated carbocycles. The Bertz CT molecular complexity index is 313. The Balaban J connectivity index is 2.74. The SMILES string of the molecule is CCC(CO)NC(CC)c1cccc(F)c1. The molecular formula is C13H20FNO. The average molecular weight is 225 g/mol. The molecule has 0 fully saturated rings. The molecule has 0 bridgehead atoms. The zero-order valence-corrected chi connectivity index (χ0v) is 9.91. The second-order valence-electron chi connectivity index (χ2n) is 3.97. The van der Waals surface area contributed by atoms with E-state index in [2.05, 4.69) is 5.32 Å². The molecule has 0 aromatic heterocycles. The summed E-state index contributed by atoms with van der Waals surface area (Å²) in [5, 5.41) is 12.5. The molecule has 3 heteroatoms. The van der Waals surface area contributed by atoms with E-state index in [1.807, 2.05) is 19.9 Å². The molecule has 1 aromatic rings. The minimum absolute atomic E-state index is 0.0771. The van der Waals surface area contributed by atoms with Crippen LogP contribution >= 0.6 is 0 Å². The predicted molar refractivity (Wildman–Crippen MR) is 63.7 cm³/mol. The Morgan fingerprint density at radius 3 is 2.56 bits per heavy atom. The summed E-state index contributed by atoms with van der Waals surface area (Å²) in [6.07, 6.45) is 1.74. The maximum Gasteiger partial charge on any atom is 0.123 e. The van der Waals surface area contributed by atoms with Crippen LogP contribution in [0.25, 0.3) is 0 Å². The fraction of sp³-hybridized carbons (Fsp3) is 0.538. The fourth-order valence-electron chi connectivity index (χ4n) is 1.76. The zero-order chi connectivity index (χ0) is 12.0. The Kier molecular flexibility index (Phi) is 5.43. The van der Waals surface area contributed by atoms with E-state index in [0.29, 0.717) is 0 Å². The molecule has 0 aliphatic rings. The van der Waals surface area contributed by atoms with E-state index >= 15 is 0 Å². The number of nitrogens with one attached hydrogen (secondary N) is 1. The van der Waals surface area contributed by atoms with Crippen molar-refractivity contribution in [1.82, 2.24) is 5.32 Å². The fourth-order valence-corrected chi connectivity index (χ4v) is 1.76. The highest BCUT2D eigenvalue weighted by molar-refractivity contribution is 5.20. The molecule has 0 aliphatic heterocycles. The maximum absolute atomic E-state index is 13.1. The van der Waals surface area contributed by atoms with Gasteiger partial charge >= 0.3 is 0 Å². The summed E-state index contributed by atoms with van der Waals surface area (Å²) in [7, 11) is 0. The Hall–Kier alpha value is -0.930. The van der Waals surface area contributed by atoms with Crippen molar-refractivity contribution in [2.75, 3.05) is 6.61 Å². The first-order valence-corrected chi connectivity index (χ1v) is 5.83. The molecule has 16 heavy (non-hydrogen) atoms. The van der Waals surface area contributed by atoms with Crippen molar-refractivity contribution in [3.05, 3.63) is 35.6 Å². The van der Waals surface area contributed by atoms with Gasteiger partial charge in [-0.15, -0.1) is 0 Å². The van der Waals surface area contributed by atoms with Crippen LogP contribution in [-0.4, -0.2) is 17.8 Å². The van der Waals surface area contributed by atoms with Crippen LogP contribution in [0.1, 0.15) is 38.3 Å². The van der Waals surface area contributed by atoms with E-state index in [1.165, 1.54) is 6.07 Å². The largest absolute Gasteiger partial charge is 0.395 e. The summed E-state index contributed by atoms with van der Waals surface area (Å²) in [4.78, 5) is 0. The van der Waals surface area contributed by atoms with Gasteiger partial charge in [-0.2, -0.15) is 0 Å². The summed E-state index contributed by atoms with van der Waals surface area (Å²) in [5.74, 6) is -0.213. The molecule has 0 aliphatic carbocycles. The van der Waals surface area contributed by atoms with Crippen molar-refractivity contribution in [2.24, 2.45) is 0 Å². The second-order valence-corrected chi connectivity index (χ2v) is 3.97. The summed E-state index contributed by atoms with van der Waals surface area (Å²) in [6.45, 7) is 4.18. The van der Waals surface area contributed by atoms with Gasteiger partial charge < -0.3 is 10.4 Å². The van der Waals surface area contributed by atoms with Crippen LogP contribution in [0.5, 0.6) is 0 Å². The smallest absolute Gasteiger partial charge is 0.123 e. The van der Waals surface area contributed by atoms with Gasteiger partial charge in [0.1, 0.15) is 5.82 Å². The summed E-state index contributed by atoms with van der Waals surface area (Å²) in [5.41, 5.74) is 0.939. The third kappa shape index (κ3) is 3.58. The Morgan fingerprint density at radius 1 is 1.31 bits per heavy atom. The highest BCUT2D eigenvalue weighted by atomic mass is 19.1. The maximum atomic E-state index is 13.1. The molecule has 0 radical (unpaired) electrons. The van der Waals surface area contributed by atoms with E-state index in [9.17, 15) is 4.39 Å². The number of aliphatic hydroxyl groups excluding tert-OH is 1. The van der Waals surface area contributed by atoms with E-state index in [4.69, 9.17) is 5.11 Å². The van der Waals surface area contributed by atoms with Crippen LogP contribution in [0.3, 0.4) is 0 Å². The Morgan fingerprint density at radius 2 is 2.06 bits per heavy atom. The molecule has 1 aromatic carbocycles. The van der Waals surface area contributed by atoms with E-state index in [1.54, 1.807) is 12.1 Å². The lowest BCUT2D eigenvalue weighted by Crippen LogP contribution is -2.34. The van der Waals surface area contributed by atoms with Gasteiger partial charge in [0, 0.05) is 12.1 Å². The van der Waals surface area contributed by atoms with Crippen molar-refractivity contribution >= 4 is 0 Å². The quantitative estimate of drug-likeness (QED) is 0.780. The molecule has 2 nitrogen and oxygen atoms in total. The van der Waals surface area contributed by atoms with Crippen LogP contribution in [0.4, 0.5) is 4.39 Å². The van der Waals surface area contributed by atoms with Gasteiger partial charge in [-0.05, 0) is 30.5 Å². The van der Waals surface area contributed by atoms with E-state index < -0.39 is 0 Å². The number of benzene rings is 1. The van der Waals surface area contributed by atoms with Gasteiger partial charge in [-0.25, -0.2) is 4.39 Å². The Labute approximate surface area is 96.5 Å². The molecule has 90 valence electrons. The lowest BCUT2D eigenvalue weighted by atomic mass is 10.0. The number of hydrogen-bond acceptors (Lipinski definition) is 2. The minimum Gasteiger partial charge on any atom is -0.395 e. The summed E-state index contributed by atoms with van der Waals surface area (Å²) in [6, 6.07) is 6.80. The first kappa shape index (κ1) is 13.1. The molecule has 2 N–H and O–H groups in total. The highest BCUT2D eigenvalue weighted by Gasteiger charge is 2.13. The number of halogens is 1. The third-order valence-corrected chi connectivity index (χ3v) is 2.81. The van der Waals surface area contributed by atoms with Crippen molar-refractivity contribution in [3.8, 4) is 0 Å². The average Bonchev–Trinajstić information content (AvgIpc) is 2.31. The van der Waals surface area contributed by atoms with Crippen molar-refractivity contribution in [3.63, 3.8) is 0 Å². The number of aliphatic hydroxyl groups is 1. The van der Waals surface area contributed by atoms with Crippen molar-refractivity contribution in [1.29, 1.82) is 0 Å². The van der Waals surface area contributed by atoms with Gasteiger partial charge in [0.15, 0.2) is 0 Å². The van der Waals surface area contributed by atoms with Gasteiger partial charge in [-0.3, -0.25) is 0 Å². The van der Waals surface area contributed by atoms with Gasteiger partial charge in [0.25, 0.3) is 0 Å². The van der Waals surface area contributed by atoms with E-state index in [-0.39, 0.29) is 24.5 Å². The first-order valence-electron chi connectivity index (χ1n) is 5.83. The topological polar surface area (TPSA) is 32.3 Å². The normalized spacial score (nSPS) is 14.8. The first-order chi connectivity index (χ1) is 7.71. The molecule has 0 amide bonds. The number of hydrogen-bond donors (Lipinski definition) is 2. The molecular weight excluding hydrogens is 205 g/mol. The molecule has 1 rings (SSSR count). The van der Waals surface area contributed by atoms with Gasteiger partial charge in [0.05, 0.1) is 6.61 Å². The molecule has 0 heterocycles. The standard InChI is InChI=1S/C13H20FNO/c1-3-12(9-16)15-13(4-2)10-6-5-7-11(14)8-10/h5-8,12-13,15-16H,3-4,9H2,1-2H3. The molecule has 0 saturated heterocycles. The lowest BCUT2D eigenvalue weighted by Gasteiger charge is -2.23. The minimum atomic E-state index is -0.213. The molecule has 0 spiro atoms. The zero-order valence-electron chi connectivity index (χ0n) is 9.91. The monoisotopic (exact) mass is 225 g/mol. The van der Waals surface area contributed by atoms with Crippen molar-refractivity contribution < 1.29 is 9.50 Å². The van der Waals surface area contributed by atoms with Crippen LogP contribution in [0.2, 0.25) is 0 Å². The summed E-state index contributed by atoms with van der Waals surface area (Å²) >= 11 is 0. The van der Waals surface area contributed by atoms with Crippen LogP contribution in [0.15, 0.2) is 24.3 Å².